The van der Waals surface area contributed by atoms with Crippen LogP contribution in [0.25, 0.3) is 0 Å². The van der Waals surface area contributed by atoms with E-state index >= 15 is 0 Å². The zero-order chi connectivity index (χ0) is 14.7. The van der Waals surface area contributed by atoms with Gasteiger partial charge in [-0.05, 0) is 12.3 Å². The van der Waals surface area contributed by atoms with Crippen molar-refractivity contribution in [2.24, 2.45) is 11.8 Å². The van der Waals surface area contributed by atoms with E-state index in [4.69, 9.17) is 0 Å². The van der Waals surface area contributed by atoms with Crippen molar-refractivity contribution in [3.8, 4) is 0 Å². The number of anilines is 1. The molecule has 1 aliphatic heterocycles. The van der Waals surface area contributed by atoms with Gasteiger partial charge in [0.15, 0.2) is 5.13 Å². The molecule has 1 aromatic heterocycles. The molecule has 2 heterocycles. The predicted molar refractivity (Wildman–Crippen MR) is 81.2 cm³/mol. The van der Waals surface area contributed by atoms with Crippen LogP contribution < -0.4 is 4.90 Å². The van der Waals surface area contributed by atoms with Crippen molar-refractivity contribution >= 4 is 22.4 Å². The van der Waals surface area contributed by atoms with Gasteiger partial charge in [-0.3, -0.25) is 9.69 Å². The molecule has 6 heteroatoms. The first kappa shape index (κ1) is 15.3. The van der Waals surface area contributed by atoms with Gasteiger partial charge in [0, 0.05) is 44.8 Å². The van der Waals surface area contributed by atoms with Crippen molar-refractivity contribution in [1.29, 1.82) is 0 Å². The fraction of sp³-hybridized carbons (Fsp3) is 0.714. The topological polar surface area (TPSA) is 56.7 Å². The monoisotopic (exact) mass is 297 g/mol. The van der Waals surface area contributed by atoms with Gasteiger partial charge < -0.3 is 10.0 Å². The molecule has 1 saturated heterocycles. The minimum absolute atomic E-state index is 0.212. The lowest BCUT2D eigenvalue weighted by Crippen LogP contribution is -2.23. The standard InChI is InChI=1S/C14H23N3O2S/c1-4-5-10-7-17(9-12(10)13(18)19)8-11-6-15-14(20-11)16(2)3/h6,10,12H,4-5,7-9H2,1-3H3,(H,18,19). The molecule has 0 amide bonds. The molecule has 0 spiro atoms. The smallest absolute Gasteiger partial charge is 0.308 e. The van der Waals surface area contributed by atoms with E-state index in [1.165, 1.54) is 4.88 Å². The fourth-order valence-corrected chi connectivity index (χ4v) is 3.71. The minimum atomic E-state index is -0.649. The van der Waals surface area contributed by atoms with Crippen LogP contribution in [0.1, 0.15) is 24.6 Å². The lowest BCUT2D eigenvalue weighted by molar-refractivity contribution is -0.142. The lowest BCUT2D eigenvalue weighted by Gasteiger charge is -2.14. The van der Waals surface area contributed by atoms with Crippen LogP contribution in [-0.4, -0.2) is 48.1 Å². The first-order valence-corrected chi connectivity index (χ1v) is 7.90. The number of nitrogens with zero attached hydrogens (tertiary/aromatic N) is 3. The summed E-state index contributed by atoms with van der Waals surface area (Å²) < 4.78 is 0. The summed E-state index contributed by atoms with van der Waals surface area (Å²) in [6.07, 6.45) is 3.95. The summed E-state index contributed by atoms with van der Waals surface area (Å²) in [5.41, 5.74) is 0. The lowest BCUT2D eigenvalue weighted by atomic mass is 9.92. The summed E-state index contributed by atoms with van der Waals surface area (Å²) in [7, 11) is 3.96. The Bertz CT molecular complexity index is 461. The van der Waals surface area contributed by atoms with Crippen molar-refractivity contribution < 1.29 is 9.90 Å². The Hall–Kier alpha value is -1.14. The second-order valence-electron chi connectivity index (χ2n) is 5.69. The van der Waals surface area contributed by atoms with E-state index in [1.807, 2.05) is 25.2 Å². The maximum absolute atomic E-state index is 11.3. The number of carbonyl (C=O) groups is 1. The zero-order valence-electron chi connectivity index (χ0n) is 12.4. The third kappa shape index (κ3) is 3.49. The molecule has 2 unspecified atom stereocenters. The fourth-order valence-electron chi connectivity index (χ4n) is 2.83. The number of carboxylic acids is 1. The molecule has 0 radical (unpaired) electrons. The quantitative estimate of drug-likeness (QED) is 0.872. The van der Waals surface area contributed by atoms with Crippen LogP contribution in [0, 0.1) is 11.8 Å². The summed E-state index contributed by atoms with van der Waals surface area (Å²) in [5, 5.41) is 10.3. The second kappa shape index (κ2) is 6.54. The van der Waals surface area contributed by atoms with Gasteiger partial charge in [-0.15, -0.1) is 11.3 Å². The van der Waals surface area contributed by atoms with E-state index in [1.54, 1.807) is 11.3 Å². The van der Waals surface area contributed by atoms with Crippen molar-refractivity contribution in [2.45, 2.75) is 26.3 Å². The first-order valence-electron chi connectivity index (χ1n) is 7.08. The molecule has 0 bridgehead atoms. The maximum Gasteiger partial charge on any atom is 0.308 e. The van der Waals surface area contributed by atoms with Crippen LogP contribution in [-0.2, 0) is 11.3 Å². The molecule has 1 aromatic rings. The molecule has 1 aliphatic rings. The van der Waals surface area contributed by atoms with Crippen LogP contribution in [0.5, 0.6) is 0 Å². The maximum atomic E-state index is 11.3. The molecule has 1 N–H and O–H groups in total. The minimum Gasteiger partial charge on any atom is -0.481 e. The first-order chi connectivity index (χ1) is 9.51. The molecule has 0 saturated carbocycles. The molecule has 2 atom stereocenters. The Balaban J connectivity index is 1.98. The van der Waals surface area contributed by atoms with E-state index < -0.39 is 5.97 Å². The van der Waals surface area contributed by atoms with E-state index in [0.717, 1.165) is 31.1 Å². The van der Waals surface area contributed by atoms with Gasteiger partial charge >= 0.3 is 5.97 Å². The predicted octanol–water partition coefficient (Wildman–Crippen LogP) is 2.14. The number of thiazole rings is 1. The molecule has 5 nitrogen and oxygen atoms in total. The normalized spacial score (nSPS) is 23.1. The third-order valence-electron chi connectivity index (χ3n) is 3.80. The molecule has 20 heavy (non-hydrogen) atoms. The highest BCUT2D eigenvalue weighted by Gasteiger charge is 2.36. The Morgan fingerprint density at radius 3 is 2.85 bits per heavy atom. The van der Waals surface area contributed by atoms with Gasteiger partial charge in [0.05, 0.1) is 5.92 Å². The van der Waals surface area contributed by atoms with Gasteiger partial charge in [-0.25, -0.2) is 4.98 Å². The summed E-state index contributed by atoms with van der Waals surface area (Å²) in [6.45, 7) is 4.48. The average Bonchev–Trinajstić information content (AvgIpc) is 2.97. The van der Waals surface area contributed by atoms with Crippen molar-refractivity contribution in [3.05, 3.63) is 11.1 Å². The Labute approximate surface area is 124 Å². The van der Waals surface area contributed by atoms with E-state index in [9.17, 15) is 9.90 Å². The van der Waals surface area contributed by atoms with E-state index in [0.29, 0.717) is 12.5 Å². The van der Waals surface area contributed by atoms with E-state index in [-0.39, 0.29) is 5.92 Å². The van der Waals surface area contributed by atoms with E-state index in [2.05, 4.69) is 16.8 Å². The number of hydrogen-bond donors (Lipinski definition) is 1. The van der Waals surface area contributed by atoms with Gasteiger partial charge in [0.25, 0.3) is 0 Å². The highest BCUT2D eigenvalue weighted by molar-refractivity contribution is 7.15. The number of rotatable bonds is 6. The molecule has 2 rings (SSSR count). The summed E-state index contributed by atoms with van der Waals surface area (Å²) >= 11 is 1.68. The van der Waals surface area contributed by atoms with Gasteiger partial charge in [-0.2, -0.15) is 0 Å². The molecule has 112 valence electrons. The number of aliphatic carboxylic acids is 1. The number of likely N-dealkylation sites (tertiary alicyclic amines) is 1. The van der Waals surface area contributed by atoms with Crippen molar-refractivity contribution in [1.82, 2.24) is 9.88 Å². The van der Waals surface area contributed by atoms with Gasteiger partial charge in [0.2, 0.25) is 0 Å². The molecule has 0 aromatic carbocycles. The largest absolute Gasteiger partial charge is 0.481 e. The summed E-state index contributed by atoms with van der Waals surface area (Å²) in [5.74, 6) is -0.570. The Kier molecular flexibility index (Phi) is 4.99. The van der Waals surface area contributed by atoms with Crippen LogP contribution in [0.3, 0.4) is 0 Å². The van der Waals surface area contributed by atoms with Gasteiger partial charge in [0.1, 0.15) is 0 Å². The summed E-state index contributed by atoms with van der Waals surface area (Å²) in [4.78, 5) is 21.2. The van der Waals surface area contributed by atoms with Crippen LogP contribution in [0.15, 0.2) is 6.20 Å². The van der Waals surface area contributed by atoms with Crippen LogP contribution in [0.2, 0.25) is 0 Å². The summed E-state index contributed by atoms with van der Waals surface area (Å²) in [6, 6.07) is 0. The SMILES string of the molecule is CCCC1CN(Cc2cnc(N(C)C)s2)CC1C(=O)O. The van der Waals surface area contributed by atoms with Gasteiger partial charge in [-0.1, -0.05) is 13.3 Å². The Morgan fingerprint density at radius 2 is 2.30 bits per heavy atom. The number of hydrogen-bond acceptors (Lipinski definition) is 5. The highest BCUT2D eigenvalue weighted by Crippen LogP contribution is 2.30. The van der Waals surface area contributed by atoms with Crippen LogP contribution in [0.4, 0.5) is 5.13 Å². The highest BCUT2D eigenvalue weighted by atomic mass is 32.1. The Morgan fingerprint density at radius 1 is 1.55 bits per heavy atom. The van der Waals surface area contributed by atoms with Crippen molar-refractivity contribution in [2.75, 3.05) is 32.1 Å². The van der Waals surface area contributed by atoms with Crippen LogP contribution >= 0.6 is 11.3 Å². The third-order valence-corrected chi connectivity index (χ3v) is 4.95. The number of carboxylic acid groups (broad SMARTS) is 1. The average molecular weight is 297 g/mol. The number of aromatic nitrogens is 1. The second-order valence-corrected chi connectivity index (χ2v) is 6.78. The molecule has 1 fully saturated rings. The van der Waals surface area contributed by atoms with Crippen molar-refractivity contribution in [3.63, 3.8) is 0 Å². The molecule has 0 aliphatic carbocycles. The molecular weight excluding hydrogens is 274 g/mol. The molecular formula is C14H23N3O2S. The zero-order valence-corrected chi connectivity index (χ0v) is 13.2.